The lowest BCUT2D eigenvalue weighted by molar-refractivity contribution is -0.143. The molecule has 0 aliphatic carbocycles. The molecule has 19 heavy (non-hydrogen) atoms. The molecule has 0 amide bonds. The van der Waals surface area contributed by atoms with Crippen molar-refractivity contribution in [2.45, 2.75) is 19.4 Å². The van der Waals surface area contributed by atoms with Crippen molar-refractivity contribution in [3.05, 3.63) is 30.1 Å². The van der Waals surface area contributed by atoms with Crippen LogP contribution in [0.1, 0.15) is 25.1 Å². The maximum atomic E-state index is 11.1. The van der Waals surface area contributed by atoms with Crippen LogP contribution in [0.2, 0.25) is 0 Å². The summed E-state index contributed by atoms with van der Waals surface area (Å²) in [5.74, 6) is -1.25. The van der Waals surface area contributed by atoms with E-state index in [9.17, 15) is 9.59 Å². The highest BCUT2D eigenvalue weighted by atomic mass is 16.5. The SMILES string of the molecule is CCOC(=O)CC(N)c1ccccn1.NCC(=O)O. The number of esters is 1. The third-order valence-corrected chi connectivity index (χ3v) is 1.93. The van der Waals surface area contributed by atoms with E-state index in [2.05, 4.69) is 10.7 Å². The maximum Gasteiger partial charge on any atom is 0.317 e. The summed E-state index contributed by atoms with van der Waals surface area (Å²) in [6, 6.07) is 5.06. The van der Waals surface area contributed by atoms with Crippen LogP contribution in [-0.2, 0) is 14.3 Å². The predicted octanol–water partition coefficient (Wildman–Crippen LogP) is 0.0643. The molecule has 7 heteroatoms. The molecule has 0 aliphatic rings. The quantitative estimate of drug-likeness (QED) is 0.645. The van der Waals surface area contributed by atoms with Gasteiger partial charge in [0, 0.05) is 6.20 Å². The van der Waals surface area contributed by atoms with E-state index in [1.165, 1.54) is 0 Å². The van der Waals surface area contributed by atoms with Gasteiger partial charge in [0.05, 0.1) is 31.3 Å². The summed E-state index contributed by atoms with van der Waals surface area (Å²) >= 11 is 0. The number of carbonyl (C=O) groups is 2. The van der Waals surface area contributed by atoms with Crippen molar-refractivity contribution < 1.29 is 19.4 Å². The molecule has 1 unspecified atom stereocenters. The molecule has 1 aromatic heterocycles. The fourth-order valence-corrected chi connectivity index (χ4v) is 1.10. The largest absolute Gasteiger partial charge is 0.480 e. The highest BCUT2D eigenvalue weighted by Crippen LogP contribution is 2.10. The molecule has 1 rings (SSSR count). The minimum atomic E-state index is -0.968. The van der Waals surface area contributed by atoms with E-state index in [0.29, 0.717) is 12.3 Å². The number of nitrogens with two attached hydrogens (primary N) is 2. The third kappa shape index (κ3) is 8.70. The highest BCUT2D eigenvalue weighted by molar-refractivity contribution is 5.70. The summed E-state index contributed by atoms with van der Waals surface area (Å²) in [4.78, 5) is 24.4. The number of hydrogen-bond donors (Lipinski definition) is 3. The van der Waals surface area contributed by atoms with Gasteiger partial charge < -0.3 is 21.3 Å². The smallest absolute Gasteiger partial charge is 0.317 e. The fraction of sp³-hybridized carbons (Fsp3) is 0.417. The monoisotopic (exact) mass is 269 g/mol. The molecule has 0 radical (unpaired) electrons. The van der Waals surface area contributed by atoms with E-state index in [4.69, 9.17) is 15.6 Å². The molecule has 0 bridgehead atoms. The first-order valence-corrected chi connectivity index (χ1v) is 5.75. The number of carboxylic acids is 1. The molecular weight excluding hydrogens is 250 g/mol. The second kappa shape index (κ2) is 9.98. The van der Waals surface area contributed by atoms with Crippen LogP contribution in [0.5, 0.6) is 0 Å². The average molecular weight is 269 g/mol. The zero-order chi connectivity index (χ0) is 14.7. The number of rotatable bonds is 5. The van der Waals surface area contributed by atoms with Crippen LogP contribution in [0.15, 0.2) is 24.4 Å². The van der Waals surface area contributed by atoms with Gasteiger partial charge in [-0.3, -0.25) is 14.6 Å². The summed E-state index contributed by atoms with van der Waals surface area (Å²) in [5.41, 5.74) is 11.0. The number of ether oxygens (including phenoxy) is 1. The summed E-state index contributed by atoms with van der Waals surface area (Å²) in [6.07, 6.45) is 1.82. The van der Waals surface area contributed by atoms with Crippen LogP contribution in [0.3, 0.4) is 0 Å². The Morgan fingerprint density at radius 2 is 2.11 bits per heavy atom. The Hall–Kier alpha value is -1.99. The van der Waals surface area contributed by atoms with E-state index in [1.807, 2.05) is 6.07 Å². The number of aromatic nitrogens is 1. The Balaban J connectivity index is 0.000000555. The van der Waals surface area contributed by atoms with Crippen molar-refractivity contribution >= 4 is 11.9 Å². The zero-order valence-electron chi connectivity index (χ0n) is 10.8. The topological polar surface area (TPSA) is 129 Å². The van der Waals surface area contributed by atoms with Crippen LogP contribution in [0.4, 0.5) is 0 Å². The number of hydrogen-bond acceptors (Lipinski definition) is 6. The van der Waals surface area contributed by atoms with E-state index < -0.39 is 5.97 Å². The number of carboxylic acid groups (broad SMARTS) is 1. The standard InChI is InChI=1S/C10H14N2O2.C2H5NO2/c1-2-14-10(13)7-8(11)9-5-3-4-6-12-9;3-1-2(4)5/h3-6,8H,2,7,11H2,1H3;1,3H2,(H,4,5). The van der Waals surface area contributed by atoms with Crippen molar-refractivity contribution in [2.75, 3.05) is 13.2 Å². The van der Waals surface area contributed by atoms with Gasteiger partial charge in [-0.05, 0) is 19.1 Å². The van der Waals surface area contributed by atoms with Gasteiger partial charge in [-0.25, -0.2) is 0 Å². The molecule has 106 valence electrons. The molecule has 0 aliphatic heterocycles. The lowest BCUT2D eigenvalue weighted by Crippen LogP contribution is -2.18. The van der Waals surface area contributed by atoms with Crippen LogP contribution in [0.25, 0.3) is 0 Å². The number of aliphatic carboxylic acids is 1. The van der Waals surface area contributed by atoms with Gasteiger partial charge in [0.15, 0.2) is 0 Å². The normalized spacial score (nSPS) is 10.9. The molecular formula is C12H19N3O4. The molecule has 0 aromatic carbocycles. The van der Waals surface area contributed by atoms with Crippen molar-refractivity contribution in [2.24, 2.45) is 11.5 Å². The molecule has 0 fully saturated rings. The Labute approximate surface area is 111 Å². The first-order valence-electron chi connectivity index (χ1n) is 5.75. The summed E-state index contributed by atoms with van der Waals surface area (Å²) in [7, 11) is 0. The second-order valence-electron chi connectivity index (χ2n) is 3.47. The fourth-order valence-electron chi connectivity index (χ4n) is 1.10. The summed E-state index contributed by atoms with van der Waals surface area (Å²) in [6.45, 7) is 1.87. The lowest BCUT2D eigenvalue weighted by Gasteiger charge is -2.09. The van der Waals surface area contributed by atoms with E-state index in [1.54, 1.807) is 25.3 Å². The van der Waals surface area contributed by atoms with Gasteiger partial charge in [0.25, 0.3) is 0 Å². The Morgan fingerprint density at radius 1 is 1.47 bits per heavy atom. The molecule has 7 nitrogen and oxygen atoms in total. The van der Waals surface area contributed by atoms with Gasteiger partial charge in [-0.15, -0.1) is 0 Å². The summed E-state index contributed by atoms with van der Waals surface area (Å²) in [5, 5.41) is 7.60. The molecule has 0 spiro atoms. The number of pyridine rings is 1. The van der Waals surface area contributed by atoms with Crippen molar-refractivity contribution in [3.63, 3.8) is 0 Å². The maximum absolute atomic E-state index is 11.1. The molecule has 1 atom stereocenters. The Bertz CT molecular complexity index is 384. The van der Waals surface area contributed by atoms with E-state index in [0.717, 1.165) is 0 Å². The zero-order valence-corrected chi connectivity index (χ0v) is 10.8. The van der Waals surface area contributed by atoms with Gasteiger partial charge >= 0.3 is 11.9 Å². The summed E-state index contributed by atoms with van der Waals surface area (Å²) < 4.78 is 4.79. The van der Waals surface area contributed by atoms with Crippen LogP contribution >= 0.6 is 0 Å². The Morgan fingerprint density at radius 3 is 2.53 bits per heavy atom. The Kier molecular flexibility index (Phi) is 8.94. The minimum Gasteiger partial charge on any atom is -0.480 e. The van der Waals surface area contributed by atoms with Crippen LogP contribution in [0, 0.1) is 0 Å². The van der Waals surface area contributed by atoms with Gasteiger partial charge in [-0.2, -0.15) is 0 Å². The molecule has 0 saturated carbocycles. The van der Waals surface area contributed by atoms with Gasteiger partial charge in [-0.1, -0.05) is 6.07 Å². The molecule has 1 aromatic rings. The minimum absolute atomic E-state index is 0.171. The van der Waals surface area contributed by atoms with E-state index in [-0.39, 0.29) is 25.0 Å². The van der Waals surface area contributed by atoms with Crippen molar-refractivity contribution in [3.8, 4) is 0 Å². The van der Waals surface area contributed by atoms with Crippen molar-refractivity contribution in [1.82, 2.24) is 4.98 Å². The van der Waals surface area contributed by atoms with Crippen LogP contribution in [-0.4, -0.2) is 35.2 Å². The average Bonchev–Trinajstić information content (AvgIpc) is 2.40. The second-order valence-corrected chi connectivity index (χ2v) is 3.47. The molecule has 1 heterocycles. The first-order chi connectivity index (χ1) is 9.01. The predicted molar refractivity (Wildman–Crippen MR) is 69.1 cm³/mol. The lowest BCUT2D eigenvalue weighted by atomic mass is 10.1. The molecule has 0 saturated heterocycles. The highest BCUT2D eigenvalue weighted by Gasteiger charge is 2.12. The van der Waals surface area contributed by atoms with E-state index >= 15 is 0 Å². The van der Waals surface area contributed by atoms with Crippen molar-refractivity contribution in [1.29, 1.82) is 0 Å². The molecule has 5 N–H and O–H groups in total. The number of nitrogens with zero attached hydrogens (tertiary/aromatic N) is 1. The van der Waals surface area contributed by atoms with Gasteiger partial charge in [0.1, 0.15) is 0 Å². The van der Waals surface area contributed by atoms with Crippen LogP contribution < -0.4 is 11.5 Å². The van der Waals surface area contributed by atoms with Gasteiger partial charge in [0.2, 0.25) is 0 Å². The third-order valence-electron chi connectivity index (χ3n) is 1.93. The number of carbonyl (C=O) groups excluding carboxylic acids is 1. The first kappa shape index (κ1) is 17.0.